The summed E-state index contributed by atoms with van der Waals surface area (Å²) in [6, 6.07) is 0. The zero-order chi connectivity index (χ0) is 6.62. The minimum atomic E-state index is -2.50. The topological polar surface area (TPSA) is 77.3 Å². The molecule has 0 rings (SSSR count). The van der Waals surface area contributed by atoms with Gasteiger partial charge in [0.05, 0.1) is 6.54 Å². The van der Waals surface area contributed by atoms with Crippen LogP contribution < -0.4 is 22.3 Å². The molecule has 0 bridgehead atoms. The molecular formula is C4H12BrNO3. The van der Waals surface area contributed by atoms with E-state index in [4.69, 9.17) is 15.3 Å². The first-order chi connectivity index (χ1) is 3.56. The van der Waals surface area contributed by atoms with E-state index in [2.05, 4.69) is 0 Å². The zero-order valence-electron chi connectivity index (χ0n) is 5.21. The molecule has 0 saturated carbocycles. The maximum absolute atomic E-state index is 8.23. The lowest BCUT2D eigenvalue weighted by atomic mass is 10.5. The maximum atomic E-state index is 8.23. The van der Waals surface area contributed by atoms with Crippen LogP contribution in [0.5, 0.6) is 0 Å². The van der Waals surface area contributed by atoms with Crippen LogP contribution in [0.3, 0.4) is 0 Å². The highest BCUT2D eigenvalue weighted by Crippen LogP contribution is 1.82. The van der Waals surface area contributed by atoms with Gasteiger partial charge in [-0.15, -0.1) is 0 Å². The predicted octanol–water partition coefficient (Wildman–Crippen LogP) is -5.80. The van der Waals surface area contributed by atoms with Gasteiger partial charge in [0.1, 0.15) is 0 Å². The van der Waals surface area contributed by atoms with E-state index in [-0.39, 0.29) is 23.5 Å². The van der Waals surface area contributed by atoms with Crippen molar-refractivity contribution in [2.45, 2.75) is 12.9 Å². The van der Waals surface area contributed by atoms with Gasteiger partial charge in [-0.05, 0) is 6.92 Å². The SMILES string of the molecule is CC[NH2+]CC(O)(O)O.[Br-]. The molecule has 0 spiro atoms. The lowest BCUT2D eigenvalue weighted by Gasteiger charge is -2.09. The van der Waals surface area contributed by atoms with Crippen LogP contribution in [-0.4, -0.2) is 34.4 Å². The molecule has 0 atom stereocenters. The van der Waals surface area contributed by atoms with Gasteiger partial charge in [-0.2, -0.15) is 0 Å². The van der Waals surface area contributed by atoms with E-state index < -0.39 is 5.97 Å². The predicted molar refractivity (Wildman–Crippen MR) is 26.7 cm³/mol. The lowest BCUT2D eigenvalue weighted by molar-refractivity contribution is -0.685. The van der Waals surface area contributed by atoms with Crippen LogP contribution in [0, 0.1) is 0 Å². The second kappa shape index (κ2) is 5.13. The second-order valence-corrected chi connectivity index (χ2v) is 1.68. The number of hydrogen-bond donors (Lipinski definition) is 4. The molecule has 58 valence electrons. The van der Waals surface area contributed by atoms with Gasteiger partial charge >= 0.3 is 5.97 Å². The van der Waals surface area contributed by atoms with E-state index in [0.717, 1.165) is 6.54 Å². The Morgan fingerprint density at radius 3 is 1.89 bits per heavy atom. The fourth-order valence-corrected chi connectivity index (χ4v) is 0.338. The Kier molecular flexibility index (Phi) is 6.87. The zero-order valence-corrected chi connectivity index (χ0v) is 6.80. The summed E-state index contributed by atoms with van der Waals surface area (Å²) in [4.78, 5) is 0. The van der Waals surface area contributed by atoms with E-state index in [1.165, 1.54) is 0 Å². The number of hydrogen-bond acceptors (Lipinski definition) is 3. The summed E-state index contributed by atoms with van der Waals surface area (Å²) in [5.74, 6) is -2.50. The number of quaternary nitrogens is 1. The average Bonchev–Trinajstić information content (AvgIpc) is 1.59. The fourth-order valence-electron chi connectivity index (χ4n) is 0.338. The van der Waals surface area contributed by atoms with Crippen molar-refractivity contribution in [3.63, 3.8) is 0 Å². The quantitative estimate of drug-likeness (QED) is 0.344. The Morgan fingerprint density at radius 1 is 1.33 bits per heavy atom. The third-order valence-electron chi connectivity index (χ3n) is 0.707. The molecule has 0 fully saturated rings. The van der Waals surface area contributed by atoms with Gasteiger partial charge in [0.15, 0.2) is 6.54 Å². The highest BCUT2D eigenvalue weighted by molar-refractivity contribution is 4.35. The first kappa shape index (κ1) is 12.0. The standard InChI is InChI=1S/C4H11NO3.BrH/c1-2-5-3-4(6,7)8;/h5-8H,2-3H2,1H3;1H. The van der Waals surface area contributed by atoms with Crippen molar-refractivity contribution >= 4 is 0 Å². The molecule has 0 aliphatic carbocycles. The molecule has 0 amide bonds. The first-order valence-corrected chi connectivity index (χ1v) is 2.55. The molecule has 0 unspecified atom stereocenters. The molecule has 5 N–H and O–H groups in total. The van der Waals surface area contributed by atoms with Gasteiger partial charge in [0.25, 0.3) is 0 Å². The van der Waals surface area contributed by atoms with Crippen LogP contribution in [0.4, 0.5) is 0 Å². The molecule has 0 radical (unpaired) electrons. The van der Waals surface area contributed by atoms with E-state index in [0.29, 0.717) is 0 Å². The number of likely N-dealkylation sites (N-methyl/N-ethyl adjacent to an activating group) is 1. The summed E-state index contributed by atoms with van der Waals surface area (Å²) in [7, 11) is 0. The number of halogens is 1. The Labute approximate surface area is 64.3 Å². The van der Waals surface area contributed by atoms with Crippen LogP contribution in [0.15, 0.2) is 0 Å². The number of rotatable bonds is 3. The summed E-state index contributed by atoms with van der Waals surface area (Å²) >= 11 is 0. The van der Waals surface area contributed by atoms with Crippen molar-refractivity contribution in [2.75, 3.05) is 13.1 Å². The number of nitrogens with two attached hydrogens (primary N) is 1. The third-order valence-corrected chi connectivity index (χ3v) is 0.707. The van der Waals surface area contributed by atoms with Crippen LogP contribution in [0.1, 0.15) is 6.92 Å². The normalized spacial score (nSPS) is 10.7. The van der Waals surface area contributed by atoms with E-state index in [1.807, 2.05) is 6.92 Å². The van der Waals surface area contributed by atoms with Crippen molar-refractivity contribution in [1.82, 2.24) is 0 Å². The maximum Gasteiger partial charge on any atom is 0.327 e. The van der Waals surface area contributed by atoms with Gasteiger partial charge in [-0.25, -0.2) is 0 Å². The Bertz CT molecular complexity index is 63.3. The molecule has 0 aliphatic rings. The van der Waals surface area contributed by atoms with Crippen LogP contribution in [0.2, 0.25) is 0 Å². The van der Waals surface area contributed by atoms with Crippen LogP contribution >= 0.6 is 0 Å². The van der Waals surface area contributed by atoms with Crippen molar-refractivity contribution in [2.24, 2.45) is 0 Å². The van der Waals surface area contributed by atoms with Crippen molar-refractivity contribution in [3.8, 4) is 0 Å². The summed E-state index contributed by atoms with van der Waals surface area (Å²) < 4.78 is 0. The molecule has 0 aromatic heterocycles. The van der Waals surface area contributed by atoms with Gasteiger partial charge in [0.2, 0.25) is 0 Å². The van der Waals surface area contributed by atoms with Crippen molar-refractivity contribution in [1.29, 1.82) is 0 Å². The molecule has 0 saturated heterocycles. The van der Waals surface area contributed by atoms with Gasteiger partial charge in [-0.3, -0.25) is 0 Å². The fraction of sp³-hybridized carbons (Fsp3) is 1.00. The van der Waals surface area contributed by atoms with Gasteiger partial charge < -0.3 is 37.6 Å². The Balaban J connectivity index is 0. The smallest absolute Gasteiger partial charge is 0.327 e. The Morgan fingerprint density at radius 2 is 1.78 bits per heavy atom. The van der Waals surface area contributed by atoms with Crippen molar-refractivity contribution in [3.05, 3.63) is 0 Å². The largest absolute Gasteiger partial charge is 1.00 e. The molecule has 5 heteroatoms. The molecule has 4 nitrogen and oxygen atoms in total. The molecular weight excluding hydrogens is 190 g/mol. The van der Waals surface area contributed by atoms with Gasteiger partial charge in [-0.1, -0.05) is 0 Å². The van der Waals surface area contributed by atoms with E-state index in [9.17, 15) is 0 Å². The monoisotopic (exact) mass is 201 g/mol. The van der Waals surface area contributed by atoms with E-state index >= 15 is 0 Å². The third kappa shape index (κ3) is 11.7. The molecule has 0 aromatic carbocycles. The molecule has 0 heterocycles. The number of aliphatic hydroxyl groups is 3. The summed E-state index contributed by atoms with van der Waals surface area (Å²) in [6.45, 7) is 2.48. The molecule has 0 aromatic rings. The van der Waals surface area contributed by atoms with Crippen LogP contribution in [0.25, 0.3) is 0 Å². The summed E-state index contributed by atoms with van der Waals surface area (Å²) in [5, 5.41) is 26.3. The second-order valence-electron chi connectivity index (χ2n) is 1.68. The van der Waals surface area contributed by atoms with Crippen molar-refractivity contribution < 1.29 is 37.6 Å². The summed E-state index contributed by atoms with van der Waals surface area (Å²) in [5.41, 5.74) is 0. The average molecular weight is 202 g/mol. The highest BCUT2D eigenvalue weighted by atomic mass is 79.9. The molecule has 0 aliphatic heterocycles. The van der Waals surface area contributed by atoms with Crippen LogP contribution in [-0.2, 0) is 0 Å². The van der Waals surface area contributed by atoms with E-state index in [1.54, 1.807) is 5.32 Å². The Hall–Kier alpha value is 0.320. The highest BCUT2D eigenvalue weighted by Gasteiger charge is 2.19. The minimum Gasteiger partial charge on any atom is -1.00 e. The van der Waals surface area contributed by atoms with Gasteiger partial charge in [0, 0.05) is 0 Å². The first-order valence-electron chi connectivity index (χ1n) is 2.55. The lowest BCUT2D eigenvalue weighted by Crippen LogP contribution is -3.00. The summed E-state index contributed by atoms with van der Waals surface area (Å²) in [6.07, 6.45) is 0. The minimum absolute atomic E-state index is 0. The molecule has 9 heavy (non-hydrogen) atoms.